The number of ether oxygens (including phenoxy) is 2. The van der Waals surface area contributed by atoms with Crippen LogP contribution in [0.3, 0.4) is 0 Å². The number of aryl methyl sites for hydroxylation is 3. The van der Waals surface area contributed by atoms with E-state index in [1.54, 1.807) is 0 Å². The molecule has 0 spiro atoms. The summed E-state index contributed by atoms with van der Waals surface area (Å²) >= 11 is 0. The summed E-state index contributed by atoms with van der Waals surface area (Å²) in [5.41, 5.74) is 3.68. The van der Waals surface area contributed by atoms with Gasteiger partial charge in [0.25, 0.3) is 0 Å². The minimum Gasteiger partial charge on any atom is -0.491 e. The first-order chi connectivity index (χ1) is 9.58. The average molecular weight is 279 g/mol. The van der Waals surface area contributed by atoms with Crippen LogP contribution in [-0.4, -0.2) is 44.4 Å². The van der Waals surface area contributed by atoms with Crippen LogP contribution in [0.25, 0.3) is 0 Å². The predicted molar refractivity (Wildman–Crippen MR) is 84.8 cm³/mol. The lowest BCUT2D eigenvalue weighted by molar-refractivity contribution is 0.0816. The van der Waals surface area contributed by atoms with Crippen molar-refractivity contribution in [2.45, 2.75) is 34.6 Å². The number of hydrogen-bond acceptors (Lipinski definition) is 3. The van der Waals surface area contributed by atoms with Crippen molar-refractivity contribution >= 4 is 0 Å². The van der Waals surface area contributed by atoms with Gasteiger partial charge >= 0.3 is 0 Å². The lowest BCUT2D eigenvalue weighted by Crippen LogP contribution is -2.27. The van der Waals surface area contributed by atoms with Crippen molar-refractivity contribution in [3.05, 3.63) is 28.8 Å². The second-order valence-electron chi connectivity index (χ2n) is 5.22. The molecule has 0 N–H and O–H groups in total. The third-order valence-electron chi connectivity index (χ3n) is 3.53. The Hall–Kier alpha value is -1.06. The number of nitrogens with zero attached hydrogens (tertiary/aromatic N) is 1. The highest BCUT2D eigenvalue weighted by Gasteiger charge is 2.05. The van der Waals surface area contributed by atoms with Crippen molar-refractivity contribution in [3.8, 4) is 5.75 Å². The van der Waals surface area contributed by atoms with Crippen molar-refractivity contribution < 1.29 is 9.47 Å². The van der Waals surface area contributed by atoms with Crippen molar-refractivity contribution in [3.63, 3.8) is 0 Å². The predicted octanol–water partition coefficient (Wildman–Crippen LogP) is 3.35. The van der Waals surface area contributed by atoms with Gasteiger partial charge in [-0.3, -0.25) is 0 Å². The van der Waals surface area contributed by atoms with Gasteiger partial charge in [-0.1, -0.05) is 31.5 Å². The Labute approximate surface area is 123 Å². The van der Waals surface area contributed by atoms with Gasteiger partial charge in [-0.2, -0.15) is 0 Å². The molecular formula is C17H29NO2. The van der Waals surface area contributed by atoms with Gasteiger partial charge in [0.1, 0.15) is 12.4 Å². The van der Waals surface area contributed by atoms with Crippen molar-refractivity contribution in [2.24, 2.45) is 0 Å². The largest absolute Gasteiger partial charge is 0.491 e. The molecule has 0 atom stereocenters. The standard InChI is InChI=1S/C17H29NO2/c1-6-18(7-2)8-9-19-10-11-20-17-15(4)12-14(3)13-16(17)5/h12-13H,6-11H2,1-5H3. The zero-order chi connectivity index (χ0) is 15.0. The third-order valence-corrected chi connectivity index (χ3v) is 3.53. The van der Waals surface area contributed by atoms with Crippen LogP contribution in [0.2, 0.25) is 0 Å². The van der Waals surface area contributed by atoms with E-state index in [2.05, 4.69) is 51.7 Å². The van der Waals surface area contributed by atoms with Gasteiger partial charge in [-0.25, -0.2) is 0 Å². The maximum atomic E-state index is 5.84. The molecular weight excluding hydrogens is 250 g/mol. The summed E-state index contributed by atoms with van der Waals surface area (Å²) in [5.74, 6) is 1.00. The molecule has 1 aromatic carbocycles. The summed E-state index contributed by atoms with van der Waals surface area (Å²) < 4.78 is 11.5. The topological polar surface area (TPSA) is 21.7 Å². The van der Waals surface area contributed by atoms with E-state index < -0.39 is 0 Å². The summed E-state index contributed by atoms with van der Waals surface area (Å²) in [4.78, 5) is 2.36. The highest BCUT2D eigenvalue weighted by atomic mass is 16.5. The molecule has 1 rings (SSSR count). The first-order valence-electron chi connectivity index (χ1n) is 7.59. The Morgan fingerprint density at radius 2 is 1.50 bits per heavy atom. The van der Waals surface area contributed by atoms with Gasteiger partial charge in [-0.15, -0.1) is 0 Å². The number of hydrogen-bond donors (Lipinski definition) is 0. The normalized spacial score (nSPS) is 11.1. The highest BCUT2D eigenvalue weighted by molar-refractivity contribution is 5.42. The van der Waals surface area contributed by atoms with E-state index in [0.29, 0.717) is 13.2 Å². The molecule has 0 aliphatic rings. The maximum Gasteiger partial charge on any atom is 0.125 e. The van der Waals surface area contributed by atoms with Crippen molar-refractivity contribution in [1.82, 2.24) is 4.90 Å². The zero-order valence-corrected chi connectivity index (χ0v) is 13.7. The second-order valence-corrected chi connectivity index (χ2v) is 5.22. The van der Waals surface area contributed by atoms with Gasteiger partial charge in [0, 0.05) is 6.54 Å². The molecule has 0 amide bonds. The van der Waals surface area contributed by atoms with Gasteiger partial charge in [0.15, 0.2) is 0 Å². The Balaban J connectivity index is 2.25. The van der Waals surface area contributed by atoms with E-state index in [1.807, 2.05) is 0 Å². The molecule has 0 fully saturated rings. The summed E-state index contributed by atoms with van der Waals surface area (Å²) in [6.07, 6.45) is 0. The number of rotatable bonds is 9. The first-order valence-corrected chi connectivity index (χ1v) is 7.59. The fourth-order valence-corrected chi connectivity index (χ4v) is 2.43. The fraction of sp³-hybridized carbons (Fsp3) is 0.647. The van der Waals surface area contributed by atoms with Gasteiger partial charge in [0.05, 0.1) is 13.2 Å². The summed E-state index contributed by atoms with van der Waals surface area (Å²) in [5, 5.41) is 0. The number of likely N-dealkylation sites (N-methyl/N-ethyl adjacent to an activating group) is 1. The molecule has 0 aromatic heterocycles. The van der Waals surface area contributed by atoms with E-state index >= 15 is 0 Å². The van der Waals surface area contributed by atoms with Crippen molar-refractivity contribution in [1.29, 1.82) is 0 Å². The quantitative estimate of drug-likeness (QED) is 0.647. The van der Waals surface area contributed by atoms with Gasteiger partial charge in [-0.05, 0) is 45.0 Å². The Bertz CT molecular complexity index is 377. The van der Waals surface area contributed by atoms with E-state index in [0.717, 1.165) is 32.0 Å². The monoisotopic (exact) mass is 279 g/mol. The summed E-state index contributed by atoms with van der Waals surface area (Å²) in [6.45, 7) is 15.8. The van der Waals surface area contributed by atoms with E-state index in [1.165, 1.54) is 16.7 Å². The zero-order valence-electron chi connectivity index (χ0n) is 13.7. The molecule has 114 valence electrons. The lowest BCUT2D eigenvalue weighted by atomic mass is 10.1. The molecule has 0 heterocycles. The maximum absolute atomic E-state index is 5.84. The molecule has 0 bridgehead atoms. The van der Waals surface area contributed by atoms with Crippen LogP contribution >= 0.6 is 0 Å². The van der Waals surface area contributed by atoms with E-state index in [4.69, 9.17) is 9.47 Å². The molecule has 1 aromatic rings. The van der Waals surface area contributed by atoms with Crippen LogP contribution < -0.4 is 4.74 Å². The minimum absolute atomic E-state index is 0.614. The molecule has 0 unspecified atom stereocenters. The Kier molecular flexibility index (Phi) is 7.63. The molecule has 0 saturated carbocycles. The molecule has 20 heavy (non-hydrogen) atoms. The van der Waals surface area contributed by atoms with Crippen LogP contribution in [-0.2, 0) is 4.74 Å². The third kappa shape index (κ3) is 5.51. The average Bonchev–Trinajstić information content (AvgIpc) is 2.40. The van der Waals surface area contributed by atoms with Crippen LogP contribution in [0.1, 0.15) is 30.5 Å². The van der Waals surface area contributed by atoms with Crippen LogP contribution in [0, 0.1) is 20.8 Å². The van der Waals surface area contributed by atoms with Crippen LogP contribution in [0.15, 0.2) is 12.1 Å². The second kappa shape index (κ2) is 8.98. The molecule has 3 nitrogen and oxygen atoms in total. The molecule has 3 heteroatoms. The lowest BCUT2D eigenvalue weighted by Gasteiger charge is -2.18. The fourth-order valence-electron chi connectivity index (χ4n) is 2.43. The van der Waals surface area contributed by atoms with E-state index in [9.17, 15) is 0 Å². The molecule has 0 aliphatic carbocycles. The SMILES string of the molecule is CCN(CC)CCOCCOc1c(C)cc(C)cc1C. The minimum atomic E-state index is 0.614. The van der Waals surface area contributed by atoms with E-state index in [-0.39, 0.29) is 0 Å². The summed E-state index contributed by atoms with van der Waals surface area (Å²) in [7, 11) is 0. The van der Waals surface area contributed by atoms with Crippen LogP contribution in [0.4, 0.5) is 0 Å². The smallest absolute Gasteiger partial charge is 0.125 e. The Morgan fingerprint density at radius 3 is 2.05 bits per heavy atom. The van der Waals surface area contributed by atoms with Crippen molar-refractivity contribution in [2.75, 3.05) is 39.5 Å². The van der Waals surface area contributed by atoms with Gasteiger partial charge < -0.3 is 14.4 Å². The first kappa shape index (κ1) is 17.0. The molecule has 0 saturated heterocycles. The number of benzene rings is 1. The molecule has 0 radical (unpaired) electrons. The molecule has 0 aliphatic heterocycles. The summed E-state index contributed by atoms with van der Waals surface area (Å²) in [6, 6.07) is 4.31. The Morgan fingerprint density at radius 1 is 0.900 bits per heavy atom. The highest BCUT2D eigenvalue weighted by Crippen LogP contribution is 2.24. The van der Waals surface area contributed by atoms with Gasteiger partial charge in [0.2, 0.25) is 0 Å². The van der Waals surface area contributed by atoms with Crippen LogP contribution in [0.5, 0.6) is 5.75 Å².